The maximum Gasteiger partial charge on any atom is 0.0682 e. The number of nitrogens with zero attached hydrogens (tertiary/aromatic N) is 3. The van der Waals surface area contributed by atoms with Crippen molar-refractivity contribution in [3.05, 3.63) is 41.6 Å². The molecule has 0 aliphatic carbocycles. The topological polar surface area (TPSA) is 47.1 Å². The Morgan fingerprint density at radius 3 is 2.83 bits per heavy atom. The Hall–Kier alpha value is -1.36. The first kappa shape index (κ1) is 18.0. The molecule has 1 aliphatic heterocycles. The molecule has 5 heteroatoms. The zero-order chi connectivity index (χ0) is 15.5. The number of aryl methyl sites for hydroxylation is 2. The van der Waals surface area contributed by atoms with Crippen LogP contribution in [0, 0.1) is 12.8 Å². The first-order valence-electron chi connectivity index (χ1n) is 8.17. The highest BCUT2D eigenvalue weighted by atomic mass is 35.5. The minimum atomic E-state index is 0. The molecule has 1 atom stereocenters. The first-order chi connectivity index (χ1) is 10.7. The van der Waals surface area contributed by atoms with Crippen LogP contribution in [0.15, 0.2) is 30.5 Å². The second-order valence-electron chi connectivity index (χ2n) is 6.48. The summed E-state index contributed by atoms with van der Waals surface area (Å²) in [5.74, 6) is 0.652. The van der Waals surface area contributed by atoms with Gasteiger partial charge in [-0.1, -0.05) is 17.7 Å². The van der Waals surface area contributed by atoms with Gasteiger partial charge in [0.2, 0.25) is 0 Å². The minimum absolute atomic E-state index is 0. The quantitative estimate of drug-likeness (QED) is 0.935. The van der Waals surface area contributed by atoms with E-state index in [2.05, 4.69) is 41.2 Å². The van der Waals surface area contributed by atoms with E-state index in [0.717, 1.165) is 19.6 Å². The Balaban J connectivity index is 0.00000192. The van der Waals surface area contributed by atoms with Gasteiger partial charge in [-0.15, -0.1) is 12.4 Å². The highest BCUT2D eigenvalue weighted by Gasteiger charge is 2.20. The standard InChI is InChI=1S/C18H26N4.ClH/c1-14-5-6-16(13-22-9-3-4-15(11-19)12-22)17(10-14)18-7-8-20-21(18)2;/h5-8,10,15H,3-4,9,11-13,19H2,1-2H3;1H. The maximum absolute atomic E-state index is 5.87. The fourth-order valence-corrected chi connectivity index (χ4v) is 3.43. The maximum atomic E-state index is 5.87. The molecule has 23 heavy (non-hydrogen) atoms. The second-order valence-corrected chi connectivity index (χ2v) is 6.48. The molecule has 1 aromatic heterocycles. The van der Waals surface area contributed by atoms with Crippen molar-refractivity contribution < 1.29 is 0 Å². The molecule has 1 saturated heterocycles. The molecule has 1 unspecified atom stereocenters. The largest absolute Gasteiger partial charge is 0.330 e. The summed E-state index contributed by atoms with van der Waals surface area (Å²) in [4.78, 5) is 2.55. The van der Waals surface area contributed by atoms with Crippen LogP contribution in [-0.2, 0) is 13.6 Å². The molecule has 0 spiro atoms. The molecule has 0 bridgehead atoms. The van der Waals surface area contributed by atoms with Gasteiger partial charge in [0.25, 0.3) is 0 Å². The average Bonchev–Trinajstić information content (AvgIpc) is 2.95. The van der Waals surface area contributed by atoms with Crippen molar-refractivity contribution >= 4 is 12.4 Å². The van der Waals surface area contributed by atoms with Crippen molar-refractivity contribution in [1.82, 2.24) is 14.7 Å². The zero-order valence-corrected chi connectivity index (χ0v) is 14.9. The third kappa shape index (κ3) is 4.14. The Bertz CT molecular complexity index is 638. The van der Waals surface area contributed by atoms with Gasteiger partial charge in [0.15, 0.2) is 0 Å². The van der Waals surface area contributed by atoms with Gasteiger partial charge in [-0.3, -0.25) is 9.58 Å². The number of halogens is 1. The molecule has 0 saturated carbocycles. The number of nitrogens with two attached hydrogens (primary N) is 1. The molecule has 0 amide bonds. The van der Waals surface area contributed by atoms with E-state index in [-0.39, 0.29) is 12.4 Å². The number of aromatic nitrogens is 2. The summed E-state index contributed by atoms with van der Waals surface area (Å²) in [7, 11) is 2.01. The molecule has 3 rings (SSSR count). The fourth-order valence-electron chi connectivity index (χ4n) is 3.43. The van der Waals surface area contributed by atoms with Crippen LogP contribution in [0.2, 0.25) is 0 Å². The van der Waals surface area contributed by atoms with Gasteiger partial charge in [0.1, 0.15) is 0 Å². The van der Waals surface area contributed by atoms with Crippen LogP contribution in [0.4, 0.5) is 0 Å². The number of likely N-dealkylation sites (tertiary alicyclic amines) is 1. The number of rotatable bonds is 4. The molecule has 1 aromatic carbocycles. The molecule has 1 fully saturated rings. The highest BCUT2D eigenvalue weighted by molar-refractivity contribution is 5.85. The lowest BCUT2D eigenvalue weighted by Gasteiger charge is -2.32. The average molecular weight is 335 g/mol. The fraction of sp³-hybridized carbons (Fsp3) is 0.500. The molecular weight excluding hydrogens is 308 g/mol. The van der Waals surface area contributed by atoms with Crippen molar-refractivity contribution in [3.63, 3.8) is 0 Å². The van der Waals surface area contributed by atoms with E-state index in [0.29, 0.717) is 5.92 Å². The molecule has 0 radical (unpaired) electrons. The number of benzene rings is 1. The summed E-state index contributed by atoms with van der Waals surface area (Å²) in [6.07, 6.45) is 4.40. The molecule has 2 aromatic rings. The highest BCUT2D eigenvalue weighted by Crippen LogP contribution is 2.27. The molecule has 4 nitrogen and oxygen atoms in total. The van der Waals surface area contributed by atoms with Gasteiger partial charge in [-0.25, -0.2) is 0 Å². The second kappa shape index (κ2) is 7.95. The van der Waals surface area contributed by atoms with E-state index >= 15 is 0 Å². The summed E-state index contributed by atoms with van der Waals surface area (Å²) in [6.45, 7) is 6.25. The van der Waals surface area contributed by atoms with E-state index in [1.165, 1.54) is 41.8 Å². The molecular formula is C18H27ClN4. The Morgan fingerprint density at radius 2 is 2.13 bits per heavy atom. The molecule has 2 heterocycles. The number of hydrogen-bond donors (Lipinski definition) is 1. The Kier molecular flexibility index (Phi) is 6.22. The summed E-state index contributed by atoms with van der Waals surface area (Å²) in [6, 6.07) is 8.84. The lowest BCUT2D eigenvalue weighted by molar-refractivity contribution is 0.171. The minimum Gasteiger partial charge on any atom is -0.330 e. The lowest BCUT2D eigenvalue weighted by atomic mass is 9.96. The third-order valence-corrected chi connectivity index (χ3v) is 4.69. The van der Waals surface area contributed by atoms with E-state index in [1.807, 2.05) is 17.9 Å². The van der Waals surface area contributed by atoms with Crippen LogP contribution in [-0.4, -0.2) is 34.3 Å². The van der Waals surface area contributed by atoms with Gasteiger partial charge in [0.05, 0.1) is 5.69 Å². The summed E-state index contributed by atoms with van der Waals surface area (Å²) in [5, 5.41) is 4.32. The van der Waals surface area contributed by atoms with Gasteiger partial charge in [0, 0.05) is 31.9 Å². The van der Waals surface area contributed by atoms with Gasteiger partial charge >= 0.3 is 0 Å². The van der Waals surface area contributed by atoms with Crippen LogP contribution in [0.1, 0.15) is 24.0 Å². The Labute approximate surface area is 145 Å². The van der Waals surface area contributed by atoms with E-state index < -0.39 is 0 Å². The summed E-state index contributed by atoms with van der Waals surface area (Å²) in [5.41, 5.74) is 11.0. The van der Waals surface area contributed by atoms with Gasteiger partial charge < -0.3 is 5.73 Å². The van der Waals surface area contributed by atoms with Gasteiger partial charge in [-0.2, -0.15) is 5.10 Å². The van der Waals surface area contributed by atoms with E-state index in [9.17, 15) is 0 Å². The van der Waals surface area contributed by atoms with Crippen molar-refractivity contribution in [1.29, 1.82) is 0 Å². The number of piperidine rings is 1. The van der Waals surface area contributed by atoms with Crippen LogP contribution in [0.3, 0.4) is 0 Å². The third-order valence-electron chi connectivity index (χ3n) is 4.69. The van der Waals surface area contributed by atoms with Crippen LogP contribution in [0.25, 0.3) is 11.3 Å². The van der Waals surface area contributed by atoms with Crippen LogP contribution >= 0.6 is 12.4 Å². The summed E-state index contributed by atoms with van der Waals surface area (Å²) >= 11 is 0. The smallest absolute Gasteiger partial charge is 0.0682 e. The van der Waals surface area contributed by atoms with Crippen molar-refractivity contribution in [2.24, 2.45) is 18.7 Å². The SMILES string of the molecule is Cc1ccc(CN2CCCC(CN)C2)c(-c2ccnn2C)c1.Cl. The van der Waals surface area contributed by atoms with Crippen molar-refractivity contribution in [3.8, 4) is 11.3 Å². The molecule has 2 N–H and O–H groups in total. The van der Waals surface area contributed by atoms with Crippen molar-refractivity contribution in [2.45, 2.75) is 26.3 Å². The predicted octanol–water partition coefficient (Wildman–Crippen LogP) is 2.99. The Morgan fingerprint density at radius 1 is 1.30 bits per heavy atom. The molecule has 126 valence electrons. The zero-order valence-electron chi connectivity index (χ0n) is 14.0. The number of hydrogen-bond acceptors (Lipinski definition) is 3. The summed E-state index contributed by atoms with van der Waals surface area (Å²) < 4.78 is 1.96. The van der Waals surface area contributed by atoms with Crippen LogP contribution < -0.4 is 5.73 Å². The van der Waals surface area contributed by atoms with Crippen molar-refractivity contribution in [2.75, 3.05) is 19.6 Å². The molecule has 1 aliphatic rings. The van der Waals surface area contributed by atoms with E-state index in [1.54, 1.807) is 0 Å². The predicted molar refractivity (Wildman–Crippen MR) is 97.7 cm³/mol. The lowest BCUT2D eigenvalue weighted by Crippen LogP contribution is -2.37. The van der Waals surface area contributed by atoms with Crippen LogP contribution in [0.5, 0.6) is 0 Å². The first-order valence-corrected chi connectivity index (χ1v) is 8.17. The van der Waals surface area contributed by atoms with Gasteiger partial charge in [-0.05, 0) is 56.5 Å². The van der Waals surface area contributed by atoms with E-state index in [4.69, 9.17) is 5.73 Å². The normalized spacial score (nSPS) is 18.7. The monoisotopic (exact) mass is 334 g/mol.